The summed E-state index contributed by atoms with van der Waals surface area (Å²) in [5.41, 5.74) is 0. The van der Waals surface area contributed by atoms with Crippen LogP contribution in [-0.2, 0) is 65.4 Å². The Labute approximate surface area is 530 Å². The van der Waals surface area contributed by atoms with E-state index in [4.69, 9.17) is 37.0 Å². The third-order valence-electron chi connectivity index (χ3n) is 15.7. The Morgan fingerprint density at radius 3 is 0.782 bits per heavy atom. The fourth-order valence-corrected chi connectivity index (χ4v) is 11.8. The molecule has 3 N–H and O–H groups in total. The summed E-state index contributed by atoms with van der Waals surface area (Å²) in [4.78, 5) is 72.3. The summed E-state index contributed by atoms with van der Waals surface area (Å²) in [5, 5.41) is 10.6. The maximum Gasteiger partial charge on any atom is 0.472 e. The number of hydrogen-bond acceptors (Lipinski definition) is 15. The largest absolute Gasteiger partial charge is 0.472 e. The molecule has 0 aromatic heterocycles. The Bertz CT molecular complexity index is 1700. The predicted octanol–water partition coefficient (Wildman–Crippen LogP) is 19.2. The molecule has 2 unspecified atom stereocenters. The van der Waals surface area contributed by atoms with Crippen LogP contribution in [0.1, 0.15) is 343 Å². The SMILES string of the molecule is CCCCCCCCCCCCCCC(=O)OC[C@H](COP(=O)(O)OC[C@@H](O)COP(=O)(O)OC[C@@H](COC(=O)CCCCCCCCCC)OC(=O)CCCCCCCCCCC(C)C)OC(=O)CCCCCCCCCCCCCCCC(C)C. The van der Waals surface area contributed by atoms with Gasteiger partial charge in [0.2, 0.25) is 0 Å². The molecule has 0 aliphatic heterocycles. The molecule has 0 aliphatic rings. The van der Waals surface area contributed by atoms with Crippen molar-refractivity contribution in [3.8, 4) is 0 Å². The number of phosphoric acid groups is 2. The van der Waals surface area contributed by atoms with Crippen LogP contribution in [0, 0.1) is 11.8 Å². The van der Waals surface area contributed by atoms with Crippen LogP contribution in [0.4, 0.5) is 0 Å². The van der Waals surface area contributed by atoms with E-state index >= 15 is 0 Å². The molecule has 0 rings (SSSR count). The van der Waals surface area contributed by atoms with Gasteiger partial charge in [0.15, 0.2) is 12.2 Å². The maximum absolute atomic E-state index is 13.0. The van der Waals surface area contributed by atoms with Gasteiger partial charge >= 0.3 is 39.5 Å². The zero-order chi connectivity index (χ0) is 64.3. The first-order valence-electron chi connectivity index (χ1n) is 35.5. The minimum atomic E-state index is -4.95. The highest BCUT2D eigenvalue weighted by atomic mass is 31.2. The number of phosphoric ester groups is 2. The van der Waals surface area contributed by atoms with Crippen LogP contribution >= 0.6 is 15.6 Å². The molecule has 0 aromatic rings. The fraction of sp³-hybridized carbons (Fsp3) is 0.941. The van der Waals surface area contributed by atoms with Crippen LogP contribution in [0.5, 0.6) is 0 Å². The second-order valence-corrected chi connectivity index (χ2v) is 28.4. The minimum Gasteiger partial charge on any atom is -0.462 e. The first kappa shape index (κ1) is 85.1. The predicted molar refractivity (Wildman–Crippen MR) is 349 cm³/mol. The molecule has 0 saturated carbocycles. The first-order valence-corrected chi connectivity index (χ1v) is 38.5. The first-order chi connectivity index (χ1) is 41.9. The fourth-order valence-electron chi connectivity index (χ4n) is 10.2. The van der Waals surface area contributed by atoms with Crippen molar-refractivity contribution in [1.82, 2.24) is 0 Å². The Morgan fingerprint density at radius 2 is 0.529 bits per heavy atom. The van der Waals surface area contributed by atoms with Gasteiger partial charge < -0.3 is 33.8 Å². The van der Waals surface area contributed by atoms with Crippen molar-refractivity contribution < 1.29 is 80.2 Å². The number of carbonyl (C=O) groups excluding carboxylic acids is 4. The summed E-state index contributed by atoms with van der Waals surface area (Å²) in [6.07, 6.45) is 44.4. The Hall–Kier alpha value is -1.94. The Kier molecular flexibility index (Phi) is 59.0. The lowest BCUT2D eigenvalue weighted by molar-refractivity contribution is -0.161. The monoisotopic (exact) mass is 1280 g/mol. The summed E-state index contributed by atoms with van der Waals surface area (Å²) >= 11 is 0. The summed E-state index contributed by atoms with van der Waals surface area (Å²) in [6, 6.07) is 0. The lowest BCUT2D eigenvalue weighted by Crippen LogP contribution is -2.30. The van der Waals surface area contributed by atoms with Gasteiger partial charge in [-0.25, -0.2) is 9.13 Å². The van der Waals surface area contributed by atoms with E-state index in [1.165, 1.54) is 154 Å². The number of ether oxygens (including phenoxy) is 4. The van der Waals surface area contributed by atoms with Crippen molar-refractivity contribution in [2.45, 2.75) is 362 Å². The van der Waals surface area contributed by atoms with Crippen molar-refractivity contribution in [3.63, 3.8) is 0 Å². The normalized spacial score (nSPS) is 14.2. The van der Waals surface area contributed by atoms with Gasteiger partial charge in [0, 0.05) is 25.7 Å². The molecule has 0 heterocycles. The molecule has 0 saturated heterocycles. The lowest BCUT2D eigenvalue weighted by Gasteiger charge is -2.21. The highest BCUT2D eigenvalue weighted by molar-refractivity contribution is 7.47. The molecule has 17 nitrogen and oxygen atoms in total. The molecule has 0 fully saturated rings. The van der Waals surface area contributed by atoms with Gasteiger partial charge in [-0.15, -0.1) is 0 Å². The van der Waals surface area contributed by atoms with Gasteiger partial charge in [0.05, 0.1) is 26.4 Å². The Morgan fingerprint density at radius 1 is 0.310 bits per heavy atom. The highest BCUT2D eigenvalue weighted by Crippen LogP contribution is 2.45. The van der Waals surface area contributed by atoms with Crippen LogP contribution in [-0.4, -0.2) is 96.7 Å². The van der Waals surface area contributed by atoms with Crippen LogP contribution < -0.4 is 0 Å². The van der Waals surface area contributed by atoms with Crippen molar-refractivity contribution in [2.75, 3.05) is 39.6 Å². The van der Waals surface area contributed by atoms with Crippen molar-refractivity contribution in [2.24, 2.45) is 11.8 Å². The van der Waals surface area contributed by atoms with E-state index in [1.807, 2.05) is 0 Å². The number of aliphatic hydroxyl groups is 1. The van der Waals surface area contributed by atoms with E-state index in [2.05, 4.69) is 41.5 Å². The van der Waals surface area contributed by atoms with Crippen LogP contribution in [0.2, 0.25) is 0 Å². The van der Waals surface area contributed by atoms with Gasteiger partial charge in [-0.2, -0.15) is 0 Å². The molecule has 87 heavy (non-hydrogen) atoms. The number of rotatable bonds is 67. The molecule has 0 bridgehead atoms. The quantitative estimate of drug-likeness (QED) is 0.0222. The smallest absolute Gasteiger partial charge is 0.462 e. The minimum absolute atomic E-state index is 0.104. The molecule has 0 aromatic carbocycles. The second kappa shape index (κ2) is 60.3. The summed E-state index contributed by atoms with van der Waals surface area (Å²) in [5.74, 6) is -0.625. The molecular weight excluding hydrogens is 1150 g/mol. The number of carbonyl (C=O) groups is 4. The van der Waals surface area contributed by atoms with Crippen LogP contribution in [0.3, 0.4) is 0 Å². The highest BCUT2D eigenvalue weighted by Gasteiger charge is 2.30. The van der Waals surface area contributed by atoms with Crippen LogP contribution in [0.25, 0.3) is 0 Å². The van der Waals surface area contributed by atoms with Crippen molar-refractivity contribution >= 4 is 39.5 Å². The second-order valence-electron chi connectivity index (χ2n) is 25.5. The molecule has 0 spiro atoms. The third-order valence-corrected chi connectivity index (χ3v) is 17.6. The number of hydrogen-bond donors (Lipinski definition) is 3. The van der Waals surface area contributed by atoms with Crippen molar-refractivity contribution in [1.29, 1.82) is 0 Å². The average Bonchev–Trinajstić information content (AvgIpc) is 3.66. The molecule has 516 valence electrons. The Balaban J connectivity index is 5.22. The zero-order valence-electron chi connectivity index (χ0n) is 56.3. The summed E-state index contributed by atoms with van der Waals surface area (Å²) in [6.45, 7) is 9.48. The molecule has 19 heteroatoms. The molecule has 0 radical (unpaired) electrons. The van der Waals surface area contributed by atoms with E-state index in [1.54, 1.807) is 0 Å². The van der Waals surface area contributed by atoms with Gasteiger partial charge in [-0.05, 0) is 37.5 Å². The lowest BCUT2D eigenvalue weighted by atomic mass is 10.0. The molecular formula is C68H132O17P2. The number of unbranched alkanes of at least 4 members (excludes halogenated alkanes) is 37. The topological polar surface area (TPSA) is 237 Å². The van der Waals surface area contributed by atoms with Gasteiger partial charge in [0.1, 0.15) is 19.3 Å². The van der Waals surface area contributed by atoms with Crippen LogP contribution in [0.15, 0.2) is 0 Å². The summed E-state index contributed by atoms with van der Waals surface area (Å²) in [7, 11) is -9.89. The van der Waals surface area contributed by atoms with E-state index in [0.29, 0.717) is 25.7 Å². The van der Waals surface area contributed by atoms with E-state index in [-0.39, 0.29) is 25.7 Å². The van der Waals surface area contributed by atoms with E-state index in [0.717, 1.165) is 108 Å². The summed E-state index contributed by atoms with van der Waals surface area (Å²) < 4.78 is 68.1. The van der Waals surface area contributed by atoms with Crippen molar-refractivity contribution in [3.05, 3.63) is 0 Å². The van der Waals surface area contributed by atoms with Gasteiger partial charge in [-0.1, -0.05) is 292 Å². The number of aliphatic hydroxyl groups excluding tert-OH is 1. The van der Waals surface area contributed by atoms with E-state index < -0.39 is 97.5 Å². The molecule has 0 aliphatic carbocycles. The molecule has 0 amide bonds. The molecule has 5 atom stereocenters. The van der Waals surface area contributed by atoms with Gasteiger partial charge in [0.25, 0.3) is 0 Å². The standard InChI is InChI=1S/C68H132O17P2/c1-7-9-11-13-15-17-18-23-26-33-39-45-51-66(71)79-57-64(84-67(72)52-46-40-34-27-24-21-19-20-22-25-30-36-42-48-60(3)4)59-83-87(76,77)81-55-62(69)54-80-86(74,75)82-58-63(56-78-65(70)50-44-38-32-16-14-12-10-8-2)85-68(73)53-47-41-35-29-28-31-37-43-49-61(5)6/h60-64,69H,7-59H2,1-6H3,(H,74,75)(H,76,77)/t62-,63+,64+/m0/s1. The number of esters is 4. The van der Waals surface area contributed by atoms with E-state index in [9.17, 15) is 43.2 Å². The maximum atomic E-state index is 13.0. The average molecular weight is 1280 g/mol. The third kappa shape index (κ3) is 62.6. The zero-order valence-corrected chi connectivity index (χ0v) is 58.1. The van der Waals surface area contributed by atoms with Gasteiger partial charge in [-0.3, -0.25) is 37.3 Å².